The van der Waals surface area contributed by atoms with E-state index >= 15 is 0 Å². The summed E-state index contributed by atoms with van der Waals surface area (Å²) in [6.45, 7) is 0.170. The number of ether oxygens (including phenoxy) is 1. The van der Waals surface area contributed by atoms with Gasteiger partial charge < -0.3 is 4.74 Å². The molecule has 0 spiro atoms. The van der Waals surface area contributed by atoms with E-state index in [0.29, 0.717) is 10.7 Å². The summed E-state index contributed by atoms with van der Waals surface area (Å²) < 4.78 is 33.1. The highest BCUT2D eigenvalue weighted by atomic mass is 32.2. The van der Waals surface area contributed by atoms with Crippen LogP contribution in [0.1, 0.15) is 15.9 Å². The van der Waals surface area contributed by atoms with Gasteiger partial charge in [0.25, 0.3) is 5.91 Å². The maximum atomic E-state index is 13.3. The molecule has 1 N–H and O–H groups in total. The largest absolute Gasteiger partial charge is 0.495 e. The molecule has 4 aromatic rings. The average molecular weight is 496 g/mol. The van der Waals surface area contributed by atoms with E-state index in [0.717, 1.165) is 16.9 Å². The molecule has 34 heavy (non-hydrogen) atoms. The number of methoxy groups -OCH3 is 1. The number of amides is 1. The fourth-order valence-corrected chi connectivity index (χ4v) is 5.20. The first-order valence-electron chi connectivity index (χ1n) is 10.1. The second-order valence-electron chi connectivity index (χ2n) is 7.19. The van der Waals surface area contributed by atoms with Gasteiger partial charge in [-0.2, -0.15) is 4.31 Å². The zero-order valence-electron chi connectivity index (χ0n) is 18.4. The summed E-state index contributed by atoms with van der Waals surface area (Å²) in [6.07, 6.45) is 1.64. The van der Waals surface area contributed by atoms with Gasteiger partial charge in [0.1, 0.15) is 16.3 Å². The van der Waals surface area contributed by atoms with Crippen LogP contribution in [-0.4, -0.2) is 48.0 Å². The van der Waals surface area contributed by atoms with Gasteiger partial charge in [-0.3, -0.25) is 15.1 Å². The molecule has 2 heterocycles. The lowest BCUT2D eigenvalue weighted by Gasteiger charge is -2.19. The quantitative estimate of drug-likeness (QED) is 0.397. The van der Waals surface area contributed by atoms with Crippen molar-refractivity contribution < 1.29 is 17.9 Å². The number of pyridine rings is 1. The molecule has 0 unspecified atom stereocenters. The zero-order valence-corrected chi connectivity index (χ0v) is 20.0. The molecule has 4 rings (SSSR count). The molecule has 0 radical (unpaired) electrons. The predicted molar refractivity (Wildman–Crippen MR) is 129 cm³/mol. The van der Waals surface area contributed by atoms with E-state index in [-0.39, 0.29) is 27.9 Å². The van der Waals surface area contributed by atoms with Crippen LogP contribution in [0.15, 0.2) is 77.8 Å². The fourth-order valence-electron chi connectivity index (χ4n) is 3.15. The minimum Gasteiger partial charge on any atom is -0.495 e. The standard InChI is InChI=1S/C23H21N5O4S2/c1-28(15-16-8-4-3-5-9-16)34(30,31)20-14-17(11-12-19(20)32-2)21(29)25-23-27-26-22(33-23)18-10-6-7-13-24-18/h3-14H,15H2,1-2H3,(H,25,27,29). The molecule has 0 saturated carbocycles. The van der Waals surface area contributed by atoms with Crippen LogP contribution < -0.4 is 10.1 Å². The SMILES string of the molecule is COc1ccc(C(=O)Nc2nnc(-c3ccccn3)s2)cc1S(=O)(=O)N(C)Cc1ccccc1. The van der Waals surface area contributed by atoms with Gasteiger partial charge in [0.15, 0.2) is 5.01 Å². The summed E-state index contributed by atoms with van der Waals surface area (Å²) in [7, 11) is -1.08. The van der Waals surface area contributed by atoms with E-state index in [1.54, 1.807) is 18.3 Å². The Kier molecular flexibility index (Phi) is 6.96. The average Bonchev–Trinajstić information content (AvgIpc) is 3.33. The van der Waals surface area contributed by atoms with Crippen molar-refractivity contribution in [1.29, 1.82) is 0 Å². The minimum absolute atomic E-state index is 0.104. The second kappa shape index (κ2) is 10.1. The van der Waals surface area contributed by atoms with E-state index in [2.05, 4.69) is 20.5 Å². The Bertz CT molecular complexity index is 1390. The van der Waals surface area contributed by atoms with Crippen molar-refractivity contribution >= 4 is 32.4 Å². The van der Waals surface area contributed by atoms with Crippen molar-refractivity contribution in [3.8, 4) is 16.5 Å². The smallest absolute Gasteiger partial charge is 0.257 e. The van der Waals surface area contributed by atoms with Crippen molar-refractivity contribution in [2.24, 2.45) is 0 Å². The van der Waals surface area contributed by atoms with Gasteiger partial charge in [0, 0.05) is 25.4 Å². The normalized spacial score (nSPS) is 11.4. The molecule has 2 aromatic carbocycles. The number of carbonyl (C=O) groups excluding carboxylic acids is 1. The number of aromatic nitrogens is 3. The third kappa shape index (κ3) is 5.11. The summed E-state index contributed by atoms with van der Waals surface area (Å²) in [5.41, 5.74) is 1.61. The Morgan fingerprint density at radius 3 is 2.53 bits per heavy atom. The molecule has 0 aliphatic heterocycles. The van der Waals surface area contributed by atoms with Crippen LogP contribution >= 0.6 is 11.3 Å². The molecule has 0 atom stereocenters. The Balaban J connectivity index is 1.57. The summed E-state index contributed by atoms with van der Waals surface area (Å²) in [4.78, 5) is 17.0. The molecule has 2 aromatic heterocycles. The number of sulfonamides is 1. The number of nitrogens with one attached hydrogen (secondary N) is 1. The Labute approximate surface area is 201 Å². The molecule has 0 aliphatic carbocycles. The maximum absolute atomic E-state index is 13.3. The summed E-state index contributed by atoms with van der Waals surface area (Å²) in [5.74, 6) is -0.377. The van der Waals surface area contributed by atoms with E-state index in [9.17, 15) is 13.2 Å². The molecule has 0 fully saturated rings. The zero-order chi connectivity index (χ0) is 24.1. The third-order valence-corrected chi connectivity index (χ3v) is 7.58. The van der Waals surface area contributed by atoms with Crippen molar-refractivity contribution in [3.05, 3.63) is 84.1 Å². The second-order valence-corrected chi connectivity index (χ2v) is 10.2. The molecule has 0 bridgehead atoms. The van der Waals surface area contributed by atoms with Gasteiger partial charge >= 0.3 is 0 Å². The molecular weight excluding hydrogens is 474 g/mol. The molecule has 11 heteroatoms. The topological polar surface area (TPSA) is 114 Å². The van der Waals surface area contributed by atoms with Crippen molar-refractivity contribution in [3.63, 3.8) is 0 Å². The summed E-state index contributed by atoms with van der Waals surface area (Å²) >= 11 is 1.16. The highest BCUT2D eigenvalue weighted by Crippen LogP contribution is 2.29. The lowest BCUT2D eigenvalue weighted by molar-refractivity contribution is 0.102. The number of benzene rings is 2. The lowest BCUT2D eigenvalue weighted by atomic mass is 10.2. The van der Waals surface area contributed by atoms with Gasteiger partial charge in [-0.25, -0.2) is 8.42 Å². The van der Waals surface area contributed by atoms with Gasteiger partial charge in [0.2, 0.25) is 15.2 Å². The Morgan fingerprint density at radius 2 is 1.82 bits per heavy atom. The van der Waals surface area contributed by atoms with Crippen LogP contribution in [0, 0.1) is 0 Å². The van der Waals surface area contributed by atoms with Crippen LogP contribution in [-0.2, 0) is 16.6 Å². The number of hydrogen-bond donors (Lipinski definition) is 1. The van der Waals surface area contributed by atoms with E-state index < -0.39 is 15.9 Å². The van der Waals surface area contributed by atoms with Crippen LogP contribution in [0.25, 0.3) is 10.7 Å². The van der Waals surface area contributed by atoms with Gasteiger partial charge in [-0.05, 0) is 35.9 Å². The first-order chi connectivity index (χ1) is 16.4. The molecule has 0 aliphatic rings. The Hall–Kier alpha value is -3.67. The highest BCUT2D eigenvalue weighted by Gasteiger charge is 2.26. The maximum Gasteiger partial charge on any atom is 0.257 e. The summed E-state index contributed by atoms with van der Waals surface area (Å²) in [6, 6.07) is 18.9. The highest BCUT2D eigenvalue weighted by molar-refractivity contribution is 7.89. The minimum atomic E-state index is -3.95. The first-order valence-corrected chi connectivity index (χ1v) is 12.4. The number of nitrogens with zero attached hydrogens (tertiary/aromatic N) is 4. The van der Waals surface area contributed by atoms with E-state index in [1.807, 2.05) is 36.4 Å². The van der Waals surface area contributed by atoms with E-state index in [4.69, 9.17) is 4.74 Å². The summed E-state index contributed by atoms with van der Waals surface area (Å²) in [5, 5.41) is 11.5. The van der Waals surface area contributed by atoms with E-state index in [1.165, 1.54) is 36.7 Å². The van der Waals surface area contributed by atoms with Crippen molar-refractivity contribution in [2.45, 2.75) is 11.4 Å². The first kappa shape index (κ1) is 23.5. The van der Waals surface area contributed by atoms with Crippen LogP contribution in [0.3, 0.4) is 0 Å². The van der Waals surface area contributed by atoms with Gasteiger partial charge in [-0.1, -0.05) is 47.7 Å². The molecule has 174 valence electrons. The van der Waals surface area contributed by atoms with Crippen LogP contribution in [0.4, 0.5) is 5.13 Å². The van der Waals surface area contributed by atoms with Gasteiger partial charge in [-0.15, -0.1) is 10.2 Å². The van der Waals surface area contributed by atoms with Gasteiger partial charge in [0.05, 0.1) is 7.11 Å². The number of hydrogen-bond acceptors (Lipinski definition) is 8. The molecule has 1 amide bonds. The monoisotopic (exact) mass is 495 g/mol. The number of anilines is 1. The lowest BCUT2D eigenvalue weighted by Crippen LogP contribution is -2.27. The van der Waals surface area contributed by atoms with Crippen LogP contribution in [0.5, 0.6) is 5.75 Å². The number of rotatable bonds is 8. The molecule has 9 nitrogen and oxygen atoms in total. The fraction of sp³-hybridized carbons (Fsp3) is 0.130. The van der Waals surface area contributed by atoms with Crippen LogP contribution in [0.2, 0.25) is 0 Å². The predicted octanol–water partition coefficient (Wildman–Crippen LogP) is 3.68. The number of carbonyl (C=O) groups is 1. The molecule has 0 saturated heterocycles. The van der Waals surface area contributed by atoms with Crippen molar-refractivity contribution in [1.82, 2.24) is 19.5 Å². The Morgan fingerprint density at radius 1 is 1.06 bits per heavy atom. The third-order valence-electron chi connectivity index (χ3n) is 4.89. The molecular formula is C23H21N5O4S2. The van der Waals surface area contributed by atoms with Crippen molar-refractivity contribution in [2.75, 3.05) is 19.5 Å².